The van der Waals surface area contributed by atoms with Crippen molar-refractivity contribution in [3.8, 4) is 0 Å². The van der Waals surface area contributed by atoms with Crippen LogP contribution in [0.5, 0.6) is 0 Å². The molecule has 4 nitrogen and oxygen atoms in total. The molecule has 1 aromatic rings. The maximum absolute atomic E-state index is 13.3. The summed E-state index contributed by atoms with van der Waals surface area (Å²) >= 11 is 0. The van der Waals surface area contributed by atoms with E-state index in [0.29, 0.717) is 31.9 Å². The molecular formula is C14H20F2N2O2S. The van der Waals surface area contributed by atoms with Crippen LogP contribution in [0.4, 0.5) is 8.78 Å². The van der Waals surface area contributed by atoms with Gasteiger partial charge in [-0.05, 0) is 44.5 Å². The van der Waals surface area contributed by atoms with Gasteiger partial charge in [0.15, 0.2) is 0 Å². The van der Waals surface area contributed by atoms with Crippen LogP contribution in [0.1, 0.15) is 26.2 Å². The fourth-order valence-corrected chi connectivity index (χ4v) is 4.45. The number of sulfonamides is 1. The maximum Gasteiger partial charge on any atom is 0.243 e. The molecule has 0 bridgehead atoms. The quantitative estimate of drug-likeness (QED) is 0.905. The van der Waals surface area contributed by atoms with Crippen LogP contribution in [0.25, 0.3) is 0 Å². The number of rotatable bonds is 5. The lowest BCUT2D eigenvalue weighted by Gasteiger charge is -2.33. The highest BCUT2D eigenvalue weighted by Gasteiger charge is 2.32. The van der Waals surface area contributed by atoms with Gasteiger partial charge in [0.25, 0.3) is 0 Å². The first-order valence-electron chi connectivity index (χ1n) is 7.14. The highest BCUT2D eigenvalue weighted by atomic mass is 32.2. The molecule has 1 aromatic carbocycles. The van der Waals surface area contributed by atoms with Gasteiger partial charge in [-0.25, -0.2) is 17.2 Å². The van der Waals surface area contributed by atoms with Gasteiger partial charge in [-0.3, -0.25) is 0 Å². The maximum atomic E-state index is 13.3. The highest BCUT2D eigenvalue weighted by molar-refractivity contribution is 7.89. The largest absolute Gasteiger partial charge is 0.317 e. The lowest BCUT2D eigenvalue weighted by molar-refractivity contribution is 0.262. The second kappa shape index (κ2) is 6.81. The molecule has 0 saturated carbocycles. The molecule has 0 aliphatic carbocycles. The van der Waals surface area contributed by atoms with Crippen LogP contribution in [0.2, 0.25) is 0 Å². The van der Waals surface area contributed by atoms with Crippen LogP contribution in [0, 0.1) is 11.6 Å². The first kappa shape index (κ1) is 16.3. The van der Waals surface area contributed by atoms with Gasteiger partial charge in [0.1, 0.15) is 11.6 Å². The zero-order valence-electron chi connectivity index (χ0n) is 12.0. The van der Waals surface area contributed by atoms with Crippen LogP contribution in [-0.4, -0.2) is 38.4 Å². The smallest absolute Gasteiger partial charge is 0.243 e. The van der Waals surface area contributed by atoms with Crippen molar-refractivity contribution in [1.82, 2.24) is 9.62 Å². The highest BCUT2D eigenvalue weighted by Crippen LogP contribution is 2.24. The molecular weight excluding hydrogens is 298 g/mol. The number of benzene rings is 1. The third-order valence-electron chi connectivity index (χ3n) is 3.60. The van der Waals surface area contributed by atoms with E-state index in [9.17, 15) is 17.2 Å². The van der Waals surface area contributed by atoms with E-state index in [1.54, 1.807) is 0 Å². The molecule has 2 rings (SSSR count). The van der Waals surface area contributed by atoms with E-state index < -0.39 is 21.7 Å². The van der Waals surface area contributed by atoms with Crippen LogP contribution >= 0.6 is 0 Å². The molecule has 21 heavy (non-hydrogen) atoms. The van der Waals surface area contributed by atoms with E-state index in [1.165, 1.54) is 4.31 Å². The Morgan fingerprint density at radius 1 is 1.19 bits per heavy atom. The van der Waals surface area contributed by atoms with Crippen molar-refractivity contribution in [3.63, 3.8) is 0 Å². The minimum Gasteiger partial charge on any atom is -0.317 e. The van der Waals surface area contributed by atoms with Crippen LogP contribution < -0.4 is 5.32 Å². The molecule has 1 aliphatic rings. The number of nitrogens with one attached hydrogen (secondary N) is 1. The van der Waals surface area contributed by atoms with Crippen molar-refractivity contribution >= 4 is 10.0 Å². The molecule has 1 saturated heterocycles. The van der Waals surface area contributed by atoms with Crippen LogP contribution in [0.15, 0.2) is 23.1 Å². The second-order valence-corrected chi connectivity index (χ2v) is 7.09. The van der Waals surface area contributed by atoms with Crippen molar-refractivity contribution in [3.05, 3.63) is 29.8 Å². The molecule has 0 amide bonds. The number of hydrogen-bond acceptors (Lipinski definition) is 3. The topological polar surface area (TPSA) is 49.4 Å². The zero-order chi connectivity index (χ0) is 15.5. The third kappa shape index (κ3) is 3.78. The summed E-state index contributed by atoms with van der Waals surface area (Å²) in [5.41, 5.74) is 0. The Bertz CT molecular complexity index is 566. The van der Waals surface area contributed by atoms with Crippen molar-refractivity contribution in [2.45, 2.75) is 37.1 Å². The van der Waals surface area contributed by atoms with Crippen molar-refractivity contribution in [2.75, 3.05) is 19.6 Å². The molecule has 1 fully saturated rings. The summed E-state index contributed by atoms with van der Waals surface area (Å²) in [5.74, 6) is -1.76. The summed E-state index contributed by atoms with van der Waals surface area (Å²) in [6.07, 6.45) is 2.06. The predicted molar refractivity (Wildman–Crippen MR) is 76.4 cm³/mol. The summed E-state index contributed by atoms with van der Waals surface area (Å²) < 4.78 is 53.4. The summed E-state index contributed by atoms with van der Waals surface area (Å²) in [5, 5.41) is 3.18. The van der Waals surface area contributed by atoms with Gasteiger partial charge in [-0.1, -0.05) is 6.92 Å². The van der Waals surface area contributed by atoms with Gasteiger partial charge in [0, 0.05) is 18.7 Å². The third-order valence-corrected chi connectivity index (χ3v) is 5.53. The van der Waals surface area contributed by atoms with Crippen LogP contribution in [-0.2, 0) is 10.0 Å². The Morgan fingerprint density at radius 2 is 1.76 bits per heavy atom. The average Bonchev–Trinajstić information content (AvgIpc) is 2.44. The van der Waals surface area contributed by atoms with E-state index in [2.05, 4.69) is 5.32 Å². The van der Waals surface area contributed by atoms with Gasteiger partial charge in [0.05, 0.1) is 4.90 Å². The van der Waals surface area contributed by atoms with Gasteiger partial charge in [-0.2, -0.15) is 4.31 Å². The minimum atomic E-state index is -3.88. The van der Waals surface area contributed by atoms with E-state index in [1.807, 2.05) is 6.92 Å². The lowest BCUT2D eigenvalue weighted by Crippen LogP contribution is -2.46. The molecule has 7 heteroatoms. The lowest BCUT2D eigenvalue weighted by atomic mass is 10.1. The molecule has 0 aromatic heterocycles. The Labute approximate surface area is 124 Å². The van der Waals surface area contributed by atoms with Crippen molar-refractivity contribution < 1.29 is 17.2 Å². The van der Waals surface area contributed by atoms with E-state index in [4.69, 9.17) is 0 Å². The molecule has 0 atom stereocenters. The normalized spacial score (nSPS) is 17.3. The Balaban J connectivity index is 2.36. The number of halogens is 2. The first-order valence-corrected chi connectivity index (χ1v) is 8.58. The first-order chi connectivity index (χ1) is 9.95. The fourth-order valence-electron chi connectivity index (χ4n) is 2.63. The van der Waals surface area contributed by atoms with E-state index in [-0.39, 0.29) is 10.9 Å². The minimum absolute atomic E-state index is 0.123. The van der Waals surface area contributed by atoms with Gasteiger partial charge < -0.3 is 5.32 Å². The van der Waals surface area contributed by atoms with Crippen molar-refractivity contribution in [2.24, 2.45) is 0 Å². The summed E-state index contributed by atoms with van der Waals surface area (Å²) in [6.45, 7) is 3.73. The van der Waals surface area contributed by atoms with Gasteiger partial charge in [0.2, 0.25) is 10.0 Å². The summed E-state index contributed by atoms with van der Waals surface area (Å²) in [6, 6.07) is 2.31. The average molecular weight is 318 g/mol. The zero-order valence-corrected chi connectivity index (χ0v) is 12.8. The second-order valence-electron chi connectivity index (χ2n) is 5.20. The number of nitrogens with zero attached hydrogens (tertiary/aromatic N) is 1. The van der Waals surface area contributed by atoms with Crippen molar-refractivity contribution in [1.29, 1.82) is 0 Å². The van der Waals surface area contributed by atoms with E-state index in [0.717, 1.165) is 25.2 Å². The Morgan fingerprint density at radius 3 is 2.29 bits per heavy atom. The summed E-state index contributed by atoms with van der Waals surface area (Å²) in [7, 11) is -3.88. The Hall–Kier alpha value is -1.05. The standard InChI is InChI=1S/C14H20F2N2O2S/c1-2-7-18(13-3-5-17-6-4-13)21(19,20)14-9-11(15)8-12(16)10-14/h8-10,13,17H,2-7H2,1H3. The predicted octanol–water partition coefficient (Wildman–Crippen LogP) is 2.12. The molecule has 0 spiro atoms. The fraction of sp³-hybridized carbons (Fsp3) is 0.571. The molecule has 1 heterocycles. The van der Waals surface area contributed by atoms with Gasteiger partial charge in [-0.15, -0.1) is 0 Å². The number of piperidine rings is 1. The summed E-state index contributed by atoms with van der Waals surface area (Å²) in [4.78, 5) is -0.313. The van der Waals surface area contributed by atoms with E-state index >= 15 is 0 Å². The SMILES string of the molecule is CCCN(C1CCNCC1)S(=O)(=O)c1cc(F)cc(F)c1. The molecule has 0 radical (unpaired) electrons. The number of hydrogen-bond donors (Lipinski definition) is 1. The molecule has 0 unspecified atom stereocenters. The monoisotopic (exact) mass is 318 g/mol. The Kier molecular flexibility index (Phi) is 5.29. The molecule has 118 valence electrons. The molecule has 1 N–H and O–H groups in total. The molecule has 1 aliphatic heterocycles. The van der Waals surface area contributed by atoms with Crippen LogP contribution in [0.3, 0.4) is 0 Å². The van der Waals surface area contributed by atoms with Gasteiger partial charge >= 0.3 is 0 Å².